The third-order valence-electron chi connectivity index (χ3n) is 2.66. The summed E-state index contributed by atoms with van der Waals surface area (Å²) in [5.74, 6) is -0.489. The third-order valence-corrected chi connectivity index (χ3v) is 2.66. The lowest BCUT2D eigenvalue weighted by Crippen LogP contribution is -2.42. The zero-order chi connectivity index (χ0) is 14.6. The number of nitrogen functional groups attached to an aromatic ring is 1. The Bertz CT molecular complexity index is 486. The number of hydrogen-bond acceptors (Lipinski definition) is 4. The number of nitrogens with two attached hydrogens (primary N) is 2. The van der Waals surface area contributed by atoms with E-state index >= 15 is 0 Å². The molecule has 0 saturated heterocycles. The van der Waals surface area contributed by atoms with Crippen molar-refractivity contribution in [2.45, 2.75) is 19.9 Å². The first kappa shape index (κ1) is 14.8. The number of methoxy groups -OCH3 is 1. The summed E-state index contributed by atoms with van der Waals surface area (Å²) in [5, 5.41) is 0. The molecule has 0 aliphatic heterocycles. The van der Waals surface area contributed by atoms with Gasteiger partial charge >= 0.3 is 0 Å². The molecule has 1 aromatic carbocycles. The Balaban J connectivity index is 3.15. The Labute approximate surface area is 112 Å². The van der Waals surface area contributed by atoms with Crippen molar-refractivity contribution in [2.75, 3.05) is 19.4 Å². The van der Waals surface area contributed by atoms with Gasteiger partial charge in [-0.3, -0.25) is 9.59 Å². The third kappa shape index (κ3) is 3.61. The van der Waals surface area contributed by atoms with Crippen LogP contribution in [0.15, 0.2) is 18.2 Å². The Morgan fingerprint density at radius 3 is 2.47 bits per heavy atom. The van der Waals surface area contributed by atoms with E-state index in [0.29, 0.717) is 17.0 Å². The number of anilines is 1. The fourth-order valence-corrected chi connectivity index (χ4v) is 1.70. The molecule has 0 aliphatic rings. The largest absolute Gasteiger partial charge is 0.496 e. The lowest BCUT2D eigenvalue weighted by atomic mass is 10.1. The molecule has 0 heterocycles. The van der Waals surface area contributed by atoms with Crippen molar-refractivity contribution < 1.29 is 14.3 Å². The smallest absolute Gasteiger partial charge is 0.258 e. The van der Waals surface area contributed by atoms with Crippen molar-refractivity contribution in [1.82, 2.24) is 4.90 Å². The van der Waals surface area contributed by atoms with Crippen LogP contribution in [0.4, 0.5) is 5.69 Å². The zero-order valence-corrected chi connectivity index (χ0v) is 11.3. The number of carbonyl (C=O) groups excluding carboxylic acids is 2. The minimum Gasteiger partial charge on any atom is -0.496 e. The summed E-state index contributed by atoms with van der Waals surface area (Å²) in [6.07, 6.45) is 0. The SMILES string of the molecule is COc1ccc(N)cc1C(=O)N(CC(N)=O)C(C)C. The highest BCUT2D eigenvalue weighted by molar-refractivity contribution is 5.99. The summed E-state index contributed by atoms with van der Waals surface area (Å²) in [6.45, 7) is 3.47. The van der Waals surface area contributed by atoms with Crippen molar-refractivity contribution in [3.8, 4) is 5.75 Å². The molecule has 19 heavy (non-hydrogen) atoms. The first-order valence-corrected chi connectivity index (χ1v) is 5.89. The van der Waals surface area contributed by atoms with Gasteiger partial charge in [0.2, 0.25) is 5.91 Å². The molecular formula is C13H19N3O3. The summed E-state index contributed by atoms with van der Waals surface area (Å²) in [5.41, 5.74) is 11.6. The lowest BCUT2D eigenvalue weighted by molar-refractivity contribution is -0.119. The van der Waals surface area contributed by atoms with Gasteiger partial charge in [0, 0.05) is 11.7 Å². The molecule has 0 bridgehead atoms. The second-order valence-electron chi connectivity index (χ2n) is 4.45. The van der Waals surface area contributed by atoms with Crippen molar-refractivity contribution >= 4 is 17.5 Å². The quantitative estimate of drug-likeness (QED) is 0.762. The topological polar surface area (TPSA) is 98.7 Å². The predicted molar refractivity (Wildman–Crippen MR) is 72.8 cm³/mol. The van der Waals surface area contributed by atoms with Gasteiger partial charge in [-0.25, -0.2) is 0 Å². The number of rotatable bonds is 5. The van der Waals surface area contributed by atoms with E-state index in [9.17, 15) is 9.59 Å². The van der Waals surface area contributed by atoms with Crippen LogP contribution in [0.5, 0.6) is 5.75 Å². The zero-order valence-electron chi connectivity index (χ0n) is 11.3. The van der Waals surface area contributed by atoms with Crippen LogP contribution in [0.25, 0.3) is 0 Å². The Kier molecular flexibility index (Phi) is 4.74. The number of primary amides is 1. The Hall–Kier alpha value is -2.24. The van der Waals surface area contributed by atoms with E-state index in [1.807, 2.05) is 0 Å². The van der Waals surface area contributed by atoms with Gasteiger partial charge in [-0.2, -0.15) is 0 Å². The molecule has 4 N–H and O–H groups in total. The number of ether oxygens (including phenoxy) is 1. The number of amides is 2. The van der Waals surface area contributed by atoms with E-state index in [1.165, 1.54) is 18.1 Å². The number of nitrogens with zero attached hydrogens (tertiary/aromatic N) is 1. The van der Waals surface area contributed by atoms with Gasteiger partial charge < -0.3 is 21.1 Å². The maximum absolute atomic E-state index is 12.4. The van der Waals surface area contributed by atoms with Crippen LogP contribution in [0.3, 0.4) is 0 Å². The molecule has 0 fully saturated rings. The highest BCUT2D eigenvalue weighted by Crippen LogP contribution is 2.23. The second-order valence-corrected chi connectivity index (χ2v) is 4.45. The molecule has 0 unspecified atom stereocenters. The van der Waals surface area contributed by atoms with Gasteiger partial charge in [-0.1, -0.05) is 0 Å². The normalized spacial score (nSPS) is 10.3. The molecule has 0 radical (unpaired) electrons. The van der Waals surface area contributed by atoms with E-state index in [2.05, 4.69) is 0 Å². The molecule has 0 spiro atoms. The van der Waals surface area contributed by atoms with Gasteiger partial charge in [0.05, 0.1) is 19.2 Å². The van der Waals surface area contributed by atoms with Crippen LogP contribution in [-0.2, 0) is 4.79 Å². The van der Waals surface area contributed by atoms with Crippen molar-refractivity contribution in [1.29, 1.82) is 0 Å². The number of benzene rings is 1. The first-order valence-electron chi connectivity index (χ1n) is 5.89. The van der Waals surface area contributed by atoms with Crippen LogP contribution >= 0.6 is 0 Å². The van der Waals surface area contributed by atoms with Crippen LogP contribution in [0, 0.1) is 0 Å². The van der Waals surface area contributed by atoms with Gasteiger partial charge in [0.1, 0.15) is 5.75 Å². The Morgan fingerprint density at radius 1 is 1.37 bits per heavy atom. The summed E-state index contributed by atoms with van der Waals surface area (Å²) >= 11 is 0. The number of hydrogen-bond donors (Lipinski definition) is 2. The molecule has 0 atom stereocenters. The van der Waals surface area contributed by atoms with Gasteiger partial charge in [-0.05, 0) is 32.0 Å². The van der Waals surface area contributed by atoms with Crippen LogP contribution in [0.1, 0.15) is 24.2 Å². The Morgan fingerprint density at radius 2 is 2.00 bits per heavy atom. The van der Waals surface area contributed by atoms with Gasteiger partial charge in [0.25, 0.3) is 5.91 Å². The highest BCUT2D eigenvalue weighted by atomic mass is 16.5. The van der Waals surface area contributed by atoms with E-state index in [0.717, 1.165) is 0 Å². The van der Waals surface area contributed by atoms with E-state index in [4.69, 9.17) is 16.2 Å². The predicted octanol–water partition coefficient (Wildman–Crippen LogP) is 0.613. The fourth-order valence-electron chi connectivity index (χ4n) is 1.70. The van der Waals surface area contributed by atoms with E-state index < -0.39 is 5.91 Å². The second kappa shape index (κ2) is 6.08. The fraction of sp³-hybridized carbons (Fsp3) is 0.385. The first-order chi connectivity index (χ1) is 8.86. The molecule has 6 heteroatoms. The maximum atomic E-state index is 12.4. The van der Waals surface area contributed by atoms with Gasteiger partial charge in [0.15, 0.2) is 0 Å². The van der Waals surface area contributed by atoms with Crippen LogP contribution in [0.2, 0.25) is 0 Å². The van der Waals surface area contributed by atoms with Crippen LogP contribution < -0.4 is 16.2 Å². The molecule has 104 valence electrons. The molecule has 0 saturated carbocycles. The van der Waals surface area contributed by atoms with Crippen molar-refractivity contribution in [2.24, 2.45) is 5.73 Å². The monoisotopic (exact) mass is 265 g/mol. The molecular weight excluding hydrogens is 246 g/mol. The van der Waals surface area contributed by atoms with Crippen molar-refractivity contribution in [3.63, 3.8) is 0 Å². The highest BCUT2D eigenvalue weighted by Gasteiger charge is 2.23. The van der Waals surface area contributed by atoms with Gasteiger partial charge in [-0.15, -0.1) is 0 Å². The number of carbonyl (C=O) groups is 2. The molecule has 0 aliphatic carbocycles. The molecule has 1 aromatic rings. The minimum absolute atomic E-state index is 0.144. The standard InChI is InChI=1S/C13H19N3O3/c1-8(2)16(7-12(15)17)13(18)10-6-9(14)4-5-11(10)19-3/h4-6,8H,7,14H2,1-3H3,(H2,15,17). The molecule has 6 nitrogen and oxygen atoms in total. The average Bonchev–Trinajstić information content (AvgIpc) is 2.34. The molecule has 2 amide bonds. The summed E-state index contributed by atoms with van der Waals surface area (Å²) in [4.78, 5) is 24.9. The summed E-state index contributed by atoms with van der Waals surface area (Å²) < 4.78 is 5.14. The summed E-state index contributed by atoms with van der Waals surface area (Å²) in [6, 6.07) is 4.62. The van der Waals surface area contributed by atoms with E-state index in [-0.39, 0.29) is 18.5 Å². The average molecular weight is 265 g/mol. The molecule has 1 rings (SSSR count). The van der Waals surface area contributed by atoms with Crippen LogP contribution in [-0.4, -0.2) is 36.4 Å². The van der Waals surface area contributed by atoms with Crippen molar-refractivity contribution in [3.05, 3.63) is 23.8 Å². The summed E-state index contributed by atoms with van der Waals surface area (Å²) in [7, 11) is 1.47. The molecule has 0 aromatic heterocycles. The minimum atomic E-state index is -0.565. The maximum Gasteiger partial charge on any atom is 0.258 e. The lowest BCUT2D eigenvalue weighted by Gasteiger charge is -2.26. The van der Waals surface area contributed by atoms with E-state index in [1.54, 1.807) is 26.0 Å².